The first-order valence-electron chi connectivity index (χ1n) is 10.3. The van der Waals surface area contributed by atoms with Crippen LogP contribution < -0.4 is 15.5 Å². The molecule has 0 spiro atoms. The quantitative estimate of drug-likeness (QED) is 0.324. The summed E-state index contributed by atoms with van der Waals surface area (Å²) in [6.07, 6.45) is 5.46. The highest BCUT2D eigenvalue weighted by Crippen LogP contribution is 2.20. The SMILES string of the molecule is CCNC(=NCc1cccnc1N1CCN(C)CC1)NC1CCC(O)CC1.I. The molecule has 7 nitrogen and oxygen atoms in total. The van der Waals surface area contributed by atoms with Crippen molar-refractivity contribution < 1.29 is 5.11 Å². The van der Waals surface area contributed by atoms with Crippen LogP contribution in [0.5, 0.6) is 0 Å². The zero-order chi connectivity index (χ0) is 19.1. The summed E-state index contributed by atoms with van der Waals surface area (Å²) in [7, 11) is 2.17. The molecule has 0 atom stereocenters. The molecule has 1 aliphatic heterocycles. The summed E-state index contributed by atoms with van der Waals surface area (Å²) in [5.41, 5.74) is 1.17. The van der Waals surface area contributed by atoms with E-state index < -0.39 is 0 Å². The van der Waals surface area contributed by atoms with E-state index in [1.807, 2.05) is 12.3 Å². The van der Waals surface area contributed by atoms with Gasteiger partial charge in [-0.05, 0) is 45.7 Å². The molecule has 3 N–H and O–H groups in total. The molecule has 8 heteroatoms. The van der Waals surface area contributed by atoms with Crippen molar-refractivity contribution in [3.8, 4) is 0 Å². The molecule has 1 saturated heterocycles. The van der Waals surface area contributed by atoms with Gasteiger partial charge in [0.25, 0.3) is 0 Å². The van der Waals surface area contributed by atoms with Crippen molar-refractivity contribution in [2.75, 3.05) is 44.7 Å². The summed E-state index contributed by atoms with van der Waals surface area (Å²) < 4.78 is 0. The van der Waals surface area contributed by atoms with E-state index in [9.17, 15) is 5.11 Å². The van der Waals surface area contributed by atoms with Crippen LogP contribution in [-0.4, -0.2) is 72.9 Å². The van der Waals surface area contributed by atoms with Crippen molar-refractivity contribution in [1.82, 2.24) is 20.5 Å². The number of nitrogens with zero attached hydrogens (tertiary/aromatic N) is 4. The Kier molecular flexibility index (Phi) is 9.73. The van der Waals surface area contributed by atoms with Gasteiger partial charge in [-0.25, -0.2) is 9.98 Å². The van der Waals surface area contributed by atoms with Gasteiger partial charge in [-0.2, -0.15) is 0 Å². The van der Waals surface area contributed by atoms with E-state index in [1.165, 1.54) is 5.56 Å². The van der Waals surface area contributed by atoms with Crippen molar-refractivity contribution in [3.63, 3.8) is 0 Å². The van der Waals surface area contributed by atoms with Gasteiger partial charge in [-0.1, -0.05) is 6.07 Å². The lowest BCUT2D eigenvalue weighted by atomic mass is 9.93. The highest BCUT2D eigenvalue weighted by molar-refractivity contribution is 14.0. The fourth-order valence-electron chi connectivity index (χ4n) is 3.75. The van der Waals surface area contributed by atoms with Gasteiger partial charge in [0.2, 0.25) is 0 Å². The van der Waals surface area contributed by atoms with Crippen LogP contribution in [0.25, 0.3) is 0 Å². The second-order valence-electron chi connectivity index (χ2n) is 7.62. The van der Waals surface area contributed by atoms with Gasteiger partial charge < -0.3 is 25.5 Å². The molecule has 3 rings (SSSR count). The predicted octanol–water partition coefficient (Wildman–Crippen LogP) is 1.81. The largest absolute Gasteiger partial charge is 0.393 e. The Morgan fingerprint density at radius 3 is 2.61 bits per heavy atom. The standard InChI is InChI=1S/C20H34N6O.HI/c1-3-21-20(24-17-6-8-18(27)9-7-17)23-15-16-5-4-10-22-19(16)26-13-11-25(2)12-14-26;/h4-5,10,17-18,27H,3,6-9,11-15H2,1-2H3,(H2,21,23,24);1H. The summed E-state index contributed by atoms with van der Waals surface area (Å²) in [4.78, 5) is 14.2. The highest BCUT2D eigenvalue weighted by Gasteiger charge is 2.20. The molecule has 2 aliphatic rings. The number of aliphatic hydroxyl groups excluding tert-OH is 1. The van der Waals surface area contributed by atoms with Crippen LogP contribution in [0, 0.1) is 0 Å². The maximum atomic E-state index is 9.70. The molecule has 1 aromatic rings. The number of likely N-dealkylation sites (N-methyl/N-ethyl adjacent to an activating group) is 1. The van der Waals surface area contributed by atoms with Gasteiger partial charge in [-0.3, -0.25) is 0 Å². The molecule has 1 saturated carbocycles. The number of piperazine rings is 1. The number of anilines is 1. The number of hydrogen-bond donors (Lipinski definition) is 3. The molecule has 0 bridgehead atoms. The van der Waals surface area contributed by atoms with Crippen molar-refractivity contribution in [1.29, 1.82) is 0 Å². The summed E-state index contributed by atoms with van der Waals surface area (Å²) >= 11 is 0. The van der Waals surface area contributed by atoms with Crippen LogP contribution in [0.4, 0.5) is 5.82 Å². The van der Waals surface area contributed by atoms with Gasteiger partial charge in [0.05, 0.1) is 12.6 Å². The Balaban J connectivity index is 0.00000280. The minimum atomic E-state index is -0.135. The van der Waals surface area contributed by atoms with Crippen LogP contribution in [-0.2, 0) is 6.54 Å². The Morgan fingerprint density at radius 1 is 1.21 bits per heavy atom. The van der Waals surface area contributed by atoms with Gasteiger partial charge in [0, 0.05) is 50.5 Å². The van der Waals surface area contributed by atoms with E-state index in [0.717, 1.165) is 70.2 Å². The summed E-state index contributed by atoms with van der Waals surface area (Å²) in [6, 6.07) is 4.51. The third kappa shape index (κ3) is 6.73. The number of guanidine groups is 1. The minimum absolute atomic E-state index is 0. The Hall–Kier alpha value is -1.13. The molecule has 0 aromatic carbocycles. The first-order chi connectivity index (χ1) is 13.2. The third-order valence-electron chi connectivity index (χ3n) is 5.46. The summed E-state index contributed by atoms with van der Waals surface area (Å²) in [5, 5.41) is 16.6. The lowest BCUT2D eigenvalue weighted by molar-refractivity contribution is 0.120. The molecule has 28 heavy (non-hydrogen) atoms. The van der Waals surface area contributed by atoms with Crippen molar-refractivity contribution in [2.24, 2.45) is 4.99 Å². The van der Waals surface area contributed by atoms with Gasteiger partial charge in [0.15, 0.2) is 5.96 Å². The molecule has 1 aromatic heterocycles. The van der Waals surface area contributed by atoms with Gasteiger partial charge in [0.1, 0.15) is 5.82 Å². The summed E-state index contributed by atoms with van der Waals surface area (Å²) in [6.45, 7) is 7.68. The van der Waals surface area contributed by atoms with Crippen LogP contribution in [0.2, 0.25) is 0 Å². The van der Waals surface area contributed by atoms with Crippen molar-refractivity contribution in [3.05, 3.63) is 23.9 Å². The second kappa shape index (κ2) is 11.8. The first-order valence-corrected chi connectivity index (χ1v) is 10.3. The summed E-state index contributed by atoms with van der Waals surface area (Å²) in [5.74, 6) is 1.91. The highest BCUT2D eigenvalue weighted by atomic mass is 127. The maximum Gasteiger partial charge on any atom is 0.191 e. The number of pyridine rings is 1. The molecule has 0 unspecified atom stereocenters. The van der Waals surface area contributed by atoms with Gasteiger partial charge in [-0.15, -0.1) is 24.0 Å². The molecule has 0 radical (unpaired) electrons. The van der Waals surface area contributed by atoms with Crippen LogP contribution in [0.1, 0.15) is 38.2 Å². The number of aromatic nitrogens is 1. The van der Waals surface area contributed by atoms with Crippen molar-refractivity contribution >= 4 is 35.8 Å². The third-order valence-corrected chi connectivity index (χ3v) is 5.46. The minimum Gasteiger partial charge on any atom is -0.393 e. The fourth-order valence-corrected chi connectivity index (χ4v) is 3.75. The molecule has 2 fully saturated rings. The number of rotatable bonds is 5. The zero-order valence-corrected chi connectivity index (χ0v) is 19.4. The smallest absolute Gasteiger partial charge is 0.191 e. The number of nitrogens with one attached hydrogen (secondary N) is 2. The molecule has 2 heterocycles. The Bertz CT molecular complexity index is 612. The number of hydrogen-bond acceptors (Lipinski definition) is 5. The van der Waals surface area contributed by atoms with Crippen LogP contribution in [0.15, 0.2) is 23.3 Å². The number of halogens is 1. The normalized spacial score (nSPS) is 23.8. The zero-order valence-electron chi connectivity index (χ0n) is 17.1. The molecule has 0 amide bonds. The number of aliphatic imine (C=N–C) groups is 1. The Morgan fingerprint density at radius 2 is 1.93 bits per heavy atom. The van der Waals surface area contributed by atoms with E-state index >= 15 is 0 Å². The van der Waals surface area contributed by atoms with E-state index in [1.54, 1.807) is 0 Å². The second-order valence-corrected chi connectivity index (χ2v) is 7.62. The van der Waals surface area contributed by atoms with E-state index in [2.05, 4.69) is 45.5 Å². The van der Waals surface area contributed by atoms with Crippen LogP contribution in [0.3, 0.4) is 0 Å². The lowest BCUT2D eigenvalue weighted by Crippen LogP contribution is -2.45. The molecule has 158 valence electrons. The molecular weight excluding hydrogens is 467 g/mol. The predicted molar refractivity (Wildman–Crippen MR) is 126 cm³/mol. The molecule has 1 aliphatic carbocycles. The molecular formula is C20H35IN6O. The fraction of sp³-hybridized carbons (Fsp3) is 0.700. The van der Waals surface area contributed by atoms with E-state index in [0.29, 0.717) is 12.6 Å². The topological polar surface area (TPSA) is 76.0 Å². The Labute approximate surface area is 186 Å². The maximum absolute atomic E-state index is 9.70. The average Bonchev–Trinajstić information content (AvgIpc) is 2.69. The average molecular weight is 502 g/mol. The van der Waals surface area contributed by atoms with Gasteiger partial charge >= 0.3 is 0 Å². The van der Waals surface area contributed by atoms with E-state index in [4.69, 9.17) is 4.99 Å². The van der Waals surface area contributed by atoms with Crippen molar-refractivity contribution in [2.45, 2.75) is 51.3 Å². The van der Waals surface area contributed by atoms with E-state index in [-0.39, 0.29) is 30.1 Å². The van der Waals surface area contributed by atoms with Crippen LogP contribution >= 0.6 is 24.0 Å². The monoisotopic (exact) mass is 502 g/mol. The number of aliphatic hydroxyl groups is 1. The first kappa shape index (κ1) is 23.2. The lowest BCUT2D eigenvalue weighted by Gasteiger charge is -2.34.